The summed E-state index contributed by atoms with van der Waals surface area (Å²) in [5.41, 5.74) is 6.69. The number of thiazole rings is 1. The number of aryl methyl sites for hydroxylation is 2. The van der Waals surface area contributed by atoms with Gasteiger partial charge in [-0.1, -0.05) is 30.3 Å². The lowest BCUT2D eigenvalue weighted by molar-refractivity contribution is 0.207. The molecule has 33 heavy (non-hydrogen) atoms. The van der Waals surface area contributed by atoms with Gasteiger partial charge in [-0.2, -0.15) is 5.10 Å². The number of hydrogen-bond acceptors (Lipinski definition) is 5. The SMILES string of the molecule is COCCN=c1scc(-c2ccc(C)c(C)c2)n1/N=C(/C)c1ccc2cc(OC)ccc2c1. The molecule has 0 bridgehead atoms. The second-order valence-electron chi connectivity index (χ2n) is 8.00. The first kappa shape index (κ1) is 23.0. The average molecular weight is 460 g/mol. The molecule has 6 heteroatoms. The molecule has 4 aromatic rings. The number of ether oxygens (including phenoxy) is 2. The third kappa shape index (κ3) is 5.07. The lowest BCUT2D eigenvalue weighted by Crippen LogP contribution is -2.15. The van der Waals surface area contributed by atoms with Gasteiger partial charge >= 0.3 is 0 Å². The van der Waals surface area contributed by atoms with E-state index in [1.807, 2.05) is 23.7 Å². The Balaban J connectivity index is 1.80. The molecule has 3 aromatic carbocycles. The van der Waals surface area contributed by atoms with Gasteiger partial charge in [-0.15, -0.1) is 11.3 Å². The number of nitrogens with zero attached hydrogens (tertiary/aromatic N) is 3. The van der Waals surface area contributed by atoms with E-state index in [-0.39, 0.29) is 0 Å². The summed E-state index contributed by atoms with van der Waals surface area (Å²) in [6.07, 6.45) is 0. The Bertz CT molecular complexity index is 1380. The van der Waals surface area contributed by atoms with Crippen molar-refractivity contribution in [2.75, 3.05) is 27.4 Å². The van der Waals surface area contributed by atoms with Crippen molar-refractivity contribution in [2.24, 2.45) is 10.1 Å². The van der Waals surface area contributed by atoms with E-state index in [2.05, 4.69) is 61.7 Å². The quantitative estimate of drug-likeness (QED) is 0.258. The fourth-order valence-electron chi connectivity index (χ4n) is 3.62. The predicted octanol–water partition coefficient (Wildman–Crippen LogP) is 5.81. The molecule has 1 aromatic heterocycles. The highest BCUT2D eigenvalue weighted by Crippen LogP contribution is 2.25. The highest BCUT2D eigenvalue weighted by molar-refractivity contribution is 7.07. The van der Waals surface area contributed by atoms with Crippen molar-refractivity contribution in [2.45, 2.75) is 20.8 Å². The summed E-state index contributed by atoms with van der Waals surface area (Å²) in [5.74, 6) is 0.856. The van der Waals surface area contributed by atoms with Gasteiger partial charge in [-0.3, -0.25) is 4.99 Å². The first-order valence-corrected chi connectivity index (χ1v) is 11.8. The molecule has 0 unspecified atom stereocenters. The molecule has 5 nitrogen and oxygen atoms in total. The molecule has 0 radical (unpaired) electrons. The predicted molar refractivity (Wildman–Crippen MR) is 138 cm³/mol. The minimum atomic E-state index is 0.577. The molecule has 0 amide bonds. The first-order valence-electron chi connectivity index (χ1n) is 10.9. The van der Waals surface area contributed by atoms with Crippen LogP contribution in [0.2, 0.25) is 0 Å². The van der Waals surface area contributed by atoms with Crippen LogP contribution in [-0.4, -0.2) is 37.8 Å². The second-order valence-corrected chi connectivity index (χ2v) is 8.84. The van der Waals surface area contributed by atoms with Crippen molar-refractivity contribution >= 4 is 27.8 Å². The third-order valence-corrected chi connectivity index (χ3v) is 6.60. The van der Waals surface area contributed by atoms with Crippen LogP contribution >= 0.6 is 11.3 Å². The molecule has 0 saturated heterocycles. The monoisotopic (exact) mass is 459 g/mol. The Morgan fingerprint density at radius 1 is 0.939 bits per heavy atom. The molecule has 0 spiro atoms. The fraction of sp³-hybridized carbons (Fsp3) is 0.259. The number of hydrogen-bond donors (Lipinski definition) is 0. The van der Waals surface area contributed by atoms with Crippen LogP contribution in [0.1, 0.15) is 23.6 Å². The van der Waals surface area contributed by atoms with Gasteiger partial charge in [0.25, 0.3) is 0 Å². The molecule has 1 heterocycles. The standard InChI is InChI=1S/C27H29N3O2S/c1-18-6-7-24(14-19(18)2)26-17-33-27(28-12-13-31-4)30(26)29-20(3)21-8-9-23-16-25(32-5)11-10-22(23)15-21/h6-11,14-17H,12-13H2,1-5H3/b28-27?,29-20-. The number of fused-ring (bicyclic) bond motifs is 1. The molecule has 0 aliphatic heterocycles. The molecular weight excluding hydrogens is 430 g/mol. The summed E-state index contributed by atoms with van der Waals surface area (Å²) in [5, 5.41) is 9.44. The minimum Gasteiger partial charge on any atom is -0.497 e. The van der Waals surface area contributed by atoms with E-state index in [1.165, 1.54) is 11.1 Å². The van der Waals surface area contributed by atoms with Crippen LogP contribution in [-0.2, 0) is 4.74 Å². The zero-order chi connectivity index (χ0) is 23.4. The normalized spacial score (nSPS) is 12.5. The van der Waals surface area contributed by atoms with Crippen molar-refractivity contribution in [1.29, 1.82) is 0 Å². The Morgan fingerprint density at radius 2 is 1.73 bits per heavy atom. The highest BCUT2D eigenvalue weighted by atomic mass is 32.1. The smallest absolute Gasteiger partial charge is 0.206 e. The summed E-state index contributed by atoms with van der Waals surface area (Å²) in [6.45, 7) is 7.48. The first-order chi connectivity index (χ1) is 16.0. The van der Waals surface area contributed by atoms with E-state index in [9.17, 15) is 0 Å². The van der Waals surface area contributed by atoms with Gasteiger partial charge in [0.15, 0.2) is 0 Å². The third-order valence-electron chi connectivity index (χ3n) is 5.75. The van der Waals surface area contributed by atoms with Crippen LogP contribution in [0.15, 0.2) is 70.1 Å². The van der Waals surface area contributed by atoms with Gasteiger partial charge in [0.1, 0.15) is 5.75 Å². The maximum atomic E-state index is 5.35. The molecule has 0 aliphatic rings. The number of rotatable bonds is 7. The largest absolute Gasteiger partial charge is 0.497 e. The molecule has 0 aliphatic carbocycles. The van der Waals surface area contributed by atoms with Crippen LogP contribution < -0.4 is 9.54 Å². The number of methoxy groups -OCH3 is 2. The maximum absolute atomic E-state index is 5.35. The fourth-order valence-corrected chi connectivity index (χ4v) is 4.48. The van der Waals surface area contributed by atoms with Crippen molar-refractivity contribution in [3.63, 3.8) is 0 Å². The maximum Gasteiger partial charge on any atom is 0.206 e. The van der Waals surface area contributed by atoms with E-state index in [0.29, 0.717) is 13.2 Å². The topological polar surface area (TPSA) is 48.1 Å². The summed E-state index contributed by atoms with van der Waals surface area (Å²) in [6, 6.07) is 19.0. The van der Waals surface area contributed by atoms with Crippen LogP contribution in [0.25, 0.3) is 22.0 Å². The Morgan fingerprint density at radius 3 is 2.48 bits per heavy atom. The lowest BCUT2D eigenvalue weighted by Gasteiger charge is -2.09. The van der Waals surface area contributed by atoms with E-state index in [4.69, 9.17) is 19.6 Å². The average Bonchev–Trinajstić information content (AvgIpc) is 3.22. The lowest BCUT2D eigenvalue weighted by atomic mass is 10.0. The van der Waals surface area contributed by atoms with Crippen molar-refractivity contribution < 1.29 is 9.47 Å². The van der Waals surface area contributed by atoms with Gasteiger partial charge in [0.2, 0.25) is 4.80 Å². The number of benzene rings is 3. The highest BCUT2D eigenvalue weighted by Gasteiger charge is 2.10. The molecule has 0 N–H and O–H groups in total. The molecule has 0 saturated carbocycles. The van der Waals surface area contributed by atoms with Gasteiger partial charge in [0, 0.05) is 18.1 Å². The molecular formula is C27H29N3O2S. The summed E-state index contributed by atoms with van der Waals surface area (Å²) in [7, 11) is 3.38. The van der Waals surface area contributed by atoms with E-state index >= 15 is 0 Å². The van der Waals surface area contributed by atoms with Crippen LogP contribution in [0, 0.1) is 13.8 Å². The Kier molecular flexibility index (Phi) is 7.06. The number of aromatic nitrogens is 1. The van der Waals surface area contributed by atoms with E-state index in [0.717, 1.165) is 43.9 Å². The van der Waals surface area contributed by atoms with Gasteiger partial charge in [-0.25, -0.2) is 4.68 Å². The zero-order valence-corrected chi connectivity index (χ0v) is 20.6. The molecule has 0 fully saturated rings. The van der Waals surface area contributed by atoms with Crippen LogP contribution in [0.4, 0.5) is 0 Å². The summed E-state index contributed by atoms with van der Waals surface area (Å²) < 4.78 is 12.5. The minimum absolute atomic E-state index is 0.577. The Hall–Kier alpha value is -3.22. The van der Waals surface area contributed by atoms with E-state index < -0.39 is 0 Å². The second kappa shape index (κ2) is 10.1. The van der Waals surface area contributed by atoms with Crippen molar-refractivity contribution in [3.8, 4) is 17.0 Å². The van der Waals surface area contributed by atoms with Crippen molar-refractivity contribution in [1.82, 2.24) is 4.68 Å². The molecule has 4 rings (SSSR count). The van der Waals surface area contributed by atoms with Gasteiger partial charge in [-0.05, 0) is 72.5 Å². The van der Waals surface area contributed by atoms with Gasteiger partial charge in [0.05, 0.1) is 31.7 Å². The Labute approximate surface area is 198 Å². The molecule has 0 atom stereocenters. The van der Waals surface area contributed by atoms with Crippen LogP contribution in [0.3, 0.4) is 0 Å². The molecule has 170 valence electrons. The van der Waals surface area contributed by atoms with Gasteiger partial charge < -0.3 is 9.47 Å². The summed E-state index contributed by atoms with van der Waals surface area (Å²) >= 11 is 1.60. The summed E-state index contributed by atoms with van der Waals surface area (Å²) in [4.78, 5) is 5.59. The zero-order valence-electron chi connectivity index (χ0n) is 19.8. The van der Waals surface area contributed by atoms with Crippen LogP contribution in [0.5, 0.6) is 5.75 Å². The van der Waals surface area contributed by atoms with Crippen molar-refractivity contribution in [3.05, 3.63) is 81.5 Å². The van der Waals surface area contributed by atoms with E-state index in [1.54, 1.807) is 25.6 Å².